The molecule has 0 aliphatic carbocycles. The summed E-state index contributed by atoms with van der Waals surface area (Å²) in [5, 5.41) is 0.598. The van der Waals surface area contributed by atoms with Gasteiger partial charge in [0, 0.05) is 17.3 Å². The number of carbonyl (C=O) groups excluding carboxylic acids is 1. The average molecular weight is 316 g/mol. The average Bonchev–Trinajstić information content (AvgIpc) is 2.53. The number of hydrogen-bond donors (Lipinski definition) is 0. The van der Waals surface area contributed by atoms with Gasteiger partial charge in [0.05, 0.1) is 0 Å². The summed E-state index contributed by atoms with van der Waals surface area (Å²) >= 11 is 5.95. The summed E-state index contributed by atoms with van der Waals surface area (Å²) in [7, 11) is 0. The third-order valence-corrected chi connectivity index (χ3v) is 4.07. The first-order valence-corrected chi connectivity index (χ1v) is 7.84. The van der Waals surface area contributed by atoms with Gasteiger partial charge in [0.1, 0.15) is 5.75 Å². The largest absolute Gasteiger partial charge is 0.481 e. The van der Waals surface area contributed by atoms with E-state index in [1.807, 2.05) is 29.2 Å². The standard InChI is InChI=1S/C18H18ClNO2/c1-13(22-16-9-4-8-15(19)12-16)18(21)20-11-5-7-14-6-2-3-10-17(14)20/h2-4,6,8-10,12-13H,5,7,11H2,1H3/t13-/m1/s1. The predicted molar refractivity (Wildman–Crippen MR) is 88.7 cm³/mol. The number of rotatable bonds is 3. The molecule has 1 aliphatic rings. The van der Waals surface area contributed by atoms with E-state index in [1.165, 1.54) is 5.56 Å². The number of para-hydroxylation sites is 1. The first-order valence-electron chi connectivity index (χ1n) is 7.46. The summed E-state index contributed by atoms with van der Waals surface area (Å²) in [4.78, 5) is 14.5. The Hall–Kier alpha value is -2.00. The molecule has 2 aromatic carbocycles. The van der Waals surface area contributed by atoms with Crippen molar-refractivity contribution in [2.24, 2.45) is 0 Å². The molecule has 2 aromatic rings. The van der Waals surface area contributed by atoms with Crippen LogP contribution in [0.25, 0.3) is 0 Å². The van der Waals surface area contributed by atoms with E-state index in [9.17, 15) is 4.79 Å². The molecule has 4 heteroatoms. The first-order chi connectivity index (χ1) is 10.6. The van der Waals surface area contributed by atoms with Crippen molar-refractivity contribution in [1.29, 1.82) is 0 Å². The maximum atomic E-state index is 12.7. The third-order valence-electron chi connectivity index (χ3n) is 3.83. The van der Waals surface area contributed by atoms with Crippen LogP contribution in [0.1, 0.15) is 18.9 Å². The Kier molecular flexibility index (Phi) is 4.34. The molecule has 0 spiro atoms. The molecular formula is C18H18ClNO2. The van der Waals surface area contributed by atoms with Crippen molar-refractivity contribution in [2.75, 3.05) is 11.4 Å². The fourth-order valence-corrected chi connectivity index (χ4v) is 2.96. The van der Waals surface area contributed by atoms with E-state index in [-0.39, 0.29) is 5.91 Å². The van der Waals surface area contributed by atoms with Crippen LogP contribution in [0.2, 0.25) is 5.02 Å². The van der Waals surface area contributed by atoms with Crippen LogP contribution in [0.4, 0.5) is 5.69 Å². The van der Waals surface area contributed by atoms with Crippen molar-refractivity contribution in [2.45, 2.75) is 25.9 Å². The number of hydrogen-bond acceptors (Lipinski definition) is 2. The molecule has 0 fully saturated rings. The Bertz CT molecular complexity index is 686. The van der Waals surface area contributed by atoms with Crippen LogP contribution in [0.15, 0.2) is 48.5 Å². The normalized spacial score (nSPS) is 15.1. The Morgan fingerprint density at radius 1 is 1.23 bits per heavy atom. The number of fused-ring (bicyclic) bond motifs is 1. The zero-order valence-corrected chi connectivity index (χ0v) is 13.2. The van der Waals surface area contributed by atoms with Crippen LogP contribution in [0.3, 0.4) is 0 Å². The highest BCUT2D eigenvalue weighted by Gasteiger charge is 2.27. The van der Waals surface area contributed by atoms with Crippen molar-refractivity contribution in [3.05, 3.63) is 59.1 Å². The zero-order chi connectivity index (χ0) is 15.5. The monoisotopic (exact) mass is 315 g/mol. The van der Waals surface area contributed by atoms with Gasteiger partial charge in [-0.05, 0) is 49.6 Å². The Morgan fingerprint density at radius 2 is 2.05 bits per heavy atom. The summed E-state index contributed by atoms with van der Waals surface area (Å²) in [5.74, 6) is 0.589. The molecule has 0 radical (unpaired) electrons. The Morgan fingerprint density at radius 3 is 2.86 bits per heavy atom. The van der Waals surface area contributed by atoms with Gasteiger partial charge in [-0.25, -0.2) is 0 Å². The first kappa shape index (κ1) is 14.9. The number of amides is 1. The second-order valence-corrected chi connectivity index (χ2v) is 5.88. The van der Waals surface area contributed by atoms with E-state index in [2.05, 4.69) is 6.07 Å². The smallest absolute Gasteiger partial charge is 0.267 e. The number of carbonyl (C=O) groups is 1. The number of ether oxygens (including phenoxy) is 1. The Balaban J connectivity index is 1.77. The summed E-state index contributed by atoms with van der Waals surface area (Å²) < 4.78 is 5.75. The molecule has 1 atom stereocenters. The fraction of sp³-hybridized carbons (Fsp3) is 0.278. The van der Waals surface area contributed by atoms with Gasteiger partial charge in [0.25, 0.3) is 5.91 Å². The van der Waals surface area contributed by atoms with Crippen LogP contribution < -0.4 is 9.64 Å². The quantitative estimate of drug-likeness (QED) is 0.854. The third kappa shape index (κ3) is 3.09. The lowest BCUT2D eigenvalue weighted by Crippen LogP contribution is -2.43. The summed E-state index contributed by atoms with van der Waals surface area (Å²) in [5.41, 5.74) is 2.22. The maximum Gasteiger partial charge on any atom is 0.267 e. The van der Waals surface area contributed by atoms with Gasteiger partial charge in [-0.15, -0.1) is 0 Å². The molecule has 0 unspecified atom stereocenters. The molecule has 0 aromatic heterocycles. The van der Waals surface area contributed by atoms with E-state index < -0.39 is 6.10 Å². The molecule has 1 amide bonds. The fourth-order valence-electron chi connectivity index (χ4n) is 2.78. The van der Waals surface area contributed by atoms with Crippen molar-refractivity contribution in [3.63, 3.8) is 0 Å². The molecule has 1 heterocycles. The van der Waals surface area contributed by atoms with Gasteiger partial charge in [-0.1, -0.05) is 35.9 Å². The highest BCUT2D eigenvalue weighted by atomic mass is 35.5. The highest BCUT2D eigenvalue weighted by Crippen LogP contribution is 2.28. The highest BCUT2D eigenvalue weighted by molar-refractivity contribution is 6.30. The van der Waals surface area contributed by atoms with Crippen molar-refractivity contribution in [1.82, 2.24) is 0 Å². The molecule has 3 nitrogen and oxygen atoms in total. The van der Waals surface area contributed by atoms with Gasteiger partial charge in [0.2, 0.25) is 0 Å². The second-order valence-electron chi connectivity index (χ2n) is 5.44. The molecule has 0 saturated heterocycles. The van der Waals surface area contributed by atoms with Gasteiger partial charge >= 0.3 is 0 Å². The molecular weight excluding hydrogens is 298 g/mol. The van der Waals surface area contributed by atoms with Crippen molar-refractivity contribution >= 4 is 23.2 Å². The minimum atomic E-state index is -0.551. The van der Waals surface area contributed by atoms with Gasteiger partial charge < -0.3 is 9.64 Å². The lowest BCUT2D eigenvalue weighted by Gasteiger charge is -2.31. The van der Waals surface area contributed by atoms with Gasteiger partial charge in [-0.3, -0.25) is 4.79 Å². The van der Waals surface area contributed by atoms with Crippen molar-refractivity contribution < 1.29 is 9.53 Å². The number of benzene rings is 2. The molecule has 0 saturated carbocycles. The zero-order valence-electron chi connectivity index (χ0n) is 12.5. The second kappa shape index (κ2) is 6.41. The van der Waals surface area contributed by atoms with E-state index >= 15 is 0 Å². The molecule has 22 heavy (non-hydrogen) atoms. The van der Waals surface area contributed by atoms with Crippen LogP contribution in [-0.4, -0.2) is 18.6 Å². The predicted octanol–water partition coefficient (Wildman–Crippen LogP) is 4.09. The number of nitrogens with zero attached hydrogens (tertiary/aromatic N) is 1. The Labute approximate surface area is 135 Å². The molecule has 114 valence electrons. The summed E-state index contributed by atoms with van der Waals surface area (Å²) in [6.45, 7) is 2.51. The maximum absolute atomic E-state index is 12.7. The van der Waals surface area contributed by atoms with E-state index in [0.717, 1.165) is 25.1 Å². The molecule has 0 N–H and O–H groups in total. The number of anilines is 1. The lowest BCUT2D eigenvalue weighted by atomic mass is 10.0. The van der Waals surface area contributed by atoms with E-state index in [1.54, 1.807) is 25.1 Å². The van der Waals surface area contributed by atoms with Crippen molar-refractivity contribution in [3.8, 4) is 5.75 Å². The topological polar surface area (TPSA) is 29.5 Å². The van der Waals surface area contributed by atoms with Gasteiger partial charge in [-0.2, -0.15) is 0 Å². The van der Waals surface area contributed by atoms with Crippen LogP contribution in [0.5, 0.6) is 5.75 Å². The van der Waals surface area contributed by atoms with Crippen LogP contribution in [0, 0.1) is 0 Å². The van der Waals surface area contributed by atoms with Crippen LogP contribution >= 0.6 is 11.6 Å². The molecule has 3 rings (SSSR count). The summed E-state index contributed by atoms with van der Waals surface area (Å²) in [6, 6.07) is 15.2. The summed E-state index contributed by atoms with van der Waals surface area (Å²) in [6.07, 6.45) is 1.44. The molecule has 1 aliphatic heterocycles. The van der Waals surface area contributed by atoms with E-state index in [0.29, 0.717) is 10.8 Å². The number of aryl methyl sites for hydroxylation is 1. The van der Waals surface area contributed by atoms with Gasteiger partial charge in [0.15, 0.2) is 6.10 Å². The van der Waals surface area contributed by atoms with E-state index in [4.69, 9.17) is 16.3 Å². The minimum absolute atomic E-state index is 0.0212. The number of halogens is 1. The van der Waals surface area contributed by atoms with Crippen LogP contribution in [-0.2, 0) is 11.2 Å². The molecule has 0 bridgehead atoms. The SMILES string of the molecule is C[C@@H](Oc1cccc(Cl)c1)C(=O)N1CCCc2ccccc21. The lowest BCUT2D eigenvalue weighted by molar-refractivity contribution is -0.124. The minimum Gasteiger partial charge on any atom is -0.481 e.